The van der Waals surface area contributed by atoms with Gasteiger partial charge in [0.1, 0.15) is 0 Å². The zero-order valence-corrected chi connectivity index (χ0v) is 19.4. The van der Waals surface area contributed by atoms with Crippen LogP contribution < -0.4 is 4.90 Å². The van der Waals surface area contributed by atoms with Gasteiger partial charge in [-0.25, -0.2) is 12.7 Å². The van der Waals surface area contributed by atoms with E-state index in [2.05, 4.69) is 10.2 Å². The van der Waals surface area contributed by atoms with Crippen molar-refractivity contribution in [1.29, 1.82) is 0 Å². The largest absolute Gasteiger partial charge is 0.315 e. The van der Waals surface area contributed by atoms with Gasteiger partial charge in [0.05, 0.1) is 16.5 Å². The van der Waals surface area contributed by atoms with Crippen molar-refractivity contribution >= 4 is 33.2 Å². The second kappa shape index (κ2) is 7.32. The van der Waals surface area contributed by atoms with Crippen LogP contribution in [0, 0.1) is 11.3 Å². The number of nitrogens with zero attached hydrogens (tertiary/aromatic N) is 3. The molecule has 1 spiro atoms. The van der Waals surface area contributed by atoms with Crippen molar-refractivity contribution in [2.24, 2.45) is 11.3 Å². The molecule has 1 N–H and O–H groups in total. The summed E-state index contributed by atoms with van der Waals surface area (Å²) in [6, 6.07) is 3.92. The molecular formula is C22H27ClN4O3S. The van der Waals surface area contributed by atoms with Crippen molar-refractivity contribution in [3.63, 3.8) is 0 Å². The first-order valence-electron chi connectivity index (χ1n) is 10.8. The number of carbonyl (C=O) groups excluding carboxylic acids is 1. The van der Waals surface area contributed by atoms with E-state index in [0.717, 1.165) is 47.3 Å². The highest BCUT2D eigenvalue weighted by molar-refractivity contribution is 7.89. The van der Waals surface area contributed by atoms with Crippen molar-refractivity contribution in [2.45, 2.75) is 39.0 Å². The number of hydrogen-bond donors (Lipinski definition) is 1. The van der Waals surface area contributed by atoms with E-state index in [9.17, 15) is 13.2 Å². The molecule has 1 aliphatic carbocycles. The lowest BCUT2D eigenvalue weighted by Crippen LogP contribution is -2.64. The van der Waals surface area contributed by atoms with Crippen molar-refractivity contribution in [3.05, 3.63) is 34.5 Å². The van der Waals surface area contributed by atoms with E-state index in [1.54, 1.807) is 23.2 Å². The lowest BCUT2D eigenvalue weighted by Gasteiger charge is -2.58. The van der Waals surface area contributed by atoms with Gasteiger partial charge in [-0.3, -0.25) is 9.89 Å². The first-order valence-corrected chi connectivity index (χ1v) is 12.8. The molecule has 31 heavy (non-hydrogen) atoms. The monoisotopic (exact) mass is 462 g/mol. The van der Waals surface area contributed by atoms with Gasteiger partial charge < -0.3 is 4.90 Å². The maximum Gasteiger partial charge on any atom is 0.227 e. The highest BCUT2D eigenvalue weighted by atomic mass is 35.5. The Morgan fingerprint density at radius 3 is 2.71 bits per heavy atom. The number of nitrogens with one attached hydrogen (secondary N) is 1. The Balaban J connectivity index is 1.30. The van der Waals surface area contributed by atoms with Crippen molar-refractivity contribution in [1.82, 2.24) is 14.5 Å². The number of H-pyrrole nitrogens is 1. The summed E-state index contributed by atoms with van der Waals surface area (Å²) in [5, 5.41) is 8.16. The zero-order chi connectivity index (χ0) is 22.0. The molecule has 0 radical (unpaired) electrons. The number of benzene rings is 1. The van der Waals surface area contributed by atoms with E-state index in [4.69, 9.17) is 11.6 Å². The molecule has 1 aromatic heterocycles. The van der Waals surface area contributed by atoms with Crippen LogP contribution in [0.3, 0.4) is 0 Å². The molecule has 7 nitrogen and oxygen atoms in total. The van der Waals surface area contributed by atoms with Gasteiger partial charge in [0.25, 0.3) is 0 Å². The van der Waals surface area contributed by atoms with Crippen LogP contribution in [0.5, 0.6) is 0 Å². The number of carbonyl (C=O) groups is 1. The number of halogens is 1. The molecule has 0 unspecified atom stereocenters. The van der Waals surface area contributed by atoms with Crippen molar-refractivity contribution in [2.75, 3.05) is 30.8 Å². The minimum atomic E-state index is -3.06. The SMILES string of the molecule is CCS(=O)(=O)N1CC2(CC(Cc3c[nH]nc3-c3ccc4c(c3Cl)CCC(=O)N4C)C2)C1. The minimum absolute atomic E-state index is 0.108. The molecule has 3 aliphatic rings. The molecule has 3 heterocycles. The second-order valence-electron chi connectivity index (χ2n) is 9.28. The number of amides is 1. The third kappa shape index (κ3) is 3.39. The van der Waals surface area contributed by atoms with Gasteiger partial charge in [-0.15, -0.1) is 0 Å². The van der Waals surface area contributed by atoms with E-state index < -0.39 is 10.0 Å². The number of rotatable bonds is 5. The normalized spacial score (nSPS) is 21.1. The number of aromatic amines is 1. The van der Waals surface area contributed by atoms with Crippen LogP contribution in [0.1, 0.15) is 37.3 Å². The Morgan fingerprint density at radius 1 is 1.26 bits per heavy atom. The minimum Gasteiger partial charge on any atom is -0.315 e. The lowest BCUT2D eigenvalue weighted by atomic mass is 9.57. The maximum atomic E-state index is 12.0. The van der Waals surface area contributed by atoms with Crippen LogP contribution in [-0.2, 0) is 27.7 Å². The highest BCUT2D eigenvalue weighted by Crippen LogP contribution is 2.54. The van der Waals surface area contributed by atoms with Crippen LogP contribution in [0.2, 0.25) is 5.02 Å². The Morgan fingerprint density at radius 2 is 2.00 bits per heavy atom. The van der Waals surface area contributed by atoms with Gasteiger partial charge in [0.2, 0.25) is 15.9 Å². The Bertz CT molecular complexity index is 1150. The van der Waals surface area contributed by atoms with E-state index in [-0.39, 0.29) is 17.1 Å². The quantitative estimate of drug-likeness (QED) is 0.739. The number of sulfonamides is 1. The number of aromatic nitrogens is 2. The maximum absolute atomic E-state index is 12.0. The van der Waals surface area contributed by atoms with E-state index in [0.29, 0.717) is 36.9 Å². The molecule has 1 aromatic carbocycles. The van der Waals surface area contributed by atoms with Gasteiger partial charge in [-0.05, 0) is 67.2 Å². The molecule has 2 fully saturated rings. The van der Waals surface area contributed by atoms with E-state index in [1.165, 1.54) is 0 Å². The van der Waals surface area contributed by atoms with Crippen LogP contribution in [0.25, 0.3) is 11.3 Å². The summed E-state index contributed by atoms with van der Waals surface area (Å²) >= 11 is 6.78. The predicted octanol–water partition coefficient (Wildman–Crippen LogP) is 3.24. The smallest absolute Gasteiger partial charge is 0.227 e. The first kappa shape index (κ1) is 21.0. The standard InChI is InChI=1S/C22H27ClN4O3S/c1-3-31(29,30)27-12-22(13-27)9-14(10-22)8-15-11-24-25-21(15)17-4-6-18-16(20(17)23)5-7-19(28)26(18)2/h4,6,11,14H,3,5,7-10,12-13H2,1-2H3,(H,24,25). The van der Waals surface area contributed by atoms with Crippen LogP contribution in [0.15, 0.2) is 18.3 Å². The Hall–Kier alpha value is -1.90. The molecule has 2 aliphatic heterocycles. The summed E-state index contributed by atoms with van der Waals surface area (Å²) in [4.78, 5) is 13.7. The molecule has 1 saturated heterocycles. The third-order valence-corrected chi connectivity index (χ3v) is 9.46. The second-order valence-corrected chi connectivity index (χ2v) is 11.9. The molecule has 5 rings (SSSR count). The summed E-state index contributed by atoms with van der Waals surface area (Å²) in [6.07, 6.45) is 6.07. The fraction of sp³-hybridized carbons (Fsp3) is 0.545. The average Bonchev–Trinajstić information content (AvgIpc) is 3.13. The molecule has 9 heteroatoms. The van der Waals surface area contributed by atoms with Gasteiger partial charge >= 0.3 is 0 Å². The topological polar surface area (TPSA) is 86.4 Å². The fourth-order valence-electron chi connectivity index (χ4n) is 5.54. The summed E-state index contributed by atoms with van der Waals surface area (Å²) in [6.45, 7) is 3.04. The van der Waals surface area contributed by atoms with Crippen LogP contribution in [-0.4, -0.2) is 54.7 Å². The lowest BCUT2D eigenvalue weighted by molar-refractivity contribution is -0.118. The number of fused-ring (bicyclic) bond motifs is 1. The van der Waals surface area contributed by atoms with Gasteiger partial charge in [-0.1, -0.05) is 11.6 Å². The molecule has 2 aromatic rings. The number of hydrogen-bond acceptors (Lipinski definition) is 4. The predicted molar refractivity (Wildman–Crippen MR) is 121 cm³/mol. The Kier molecular flexibility index (Phi) is 4.95. The van der Waals surface area contributed by atoms with Gasteiger partial charge in [0.15, 0.2) is 0 Å². The summed E-state index contributed by atoms with van der Waals surface area (Å²) < 4.78 is 25.6. The summed E-state index contributed by atoms with van der Waals surface area (Å²) in [7, 11) is -1.27. The number of anilines is 1. The van der Waals surface area contributed by atoms with Gasteiger partial charge in [-0.2, -0.15) is 5.10 Å². The van der Waals surface area contributed by atoms with Gasteiger partial charge in [0, 0.05) is 44.0 Å². The molecule has 166 valence electrons. The summed E-state index contributed by atoms with van der Waals surface area (Å²) in [5.74, 6) is 0.816. The fourth-order valence-corrected chi connectivity index (χ4v) is 7.19. The molecule has 1 saturated carbocycles. The van der Waals surface area contributed by atoms with Crippen LogP contribution in [0.4, 0.5) is 5.69 Å². The Labute approximate surface area is 187 Å². The van der Waals surface area contributed by atoms with Crippen LogP contribution >= 0.6 is 11.6 Å². The van der Waals surface area contributed by atoms with Crippen molar-refractivity contribution < 1.29 is 13.2 Å². The summed E-state index contributed by atoms with van der Waals surface area (Å²) in [5.41, 5.74) is 4.97. The average molecular weight is 463 g/mol. The molecule has 1 amide bonds. The molecule has 0 bridgehead atoms. The van der Waals surface area contributed by atoms with Crippen molar-refractivity contribution in [3.8, 4) is 11.3 Å². The van der Waals surface area contributed by atoms with E-state index >= 15 is 0 Å². The third-order valence-electron chi connectivity index (χ3n) is 7.25. The zero-order valence-electron chi connectivity index (χ0n) is 17.8. The molecular weight excluding hydrogens is 436 g/mol. The first-order chi connectivity index (χ1) is 14.7. The van der Waals surface area contributed by atoms with E-state index in [1.807, 2.05) is 18.3 Å². The molecule has 0 atom stereocenters. The highest BCUT2D eigenvalue weighted by Gasteiger charge is 2.54.